The van der Waals surface area contributed by atoms with Gasteiger partial charge in [0.25, 0.3) is 0 Å². The molecule has 16 heavy (non-hydrogen) atoms. The van der Waals surface area contributed by atoms with Crippen LogP contribution in [0.3, 0.4) is 0 Å². The molecule has 1 aromatic heterocycles. The average molecular weight is 235 g/mol. The quantitative estimate of drug-likeness (QED) is 0.762. The van der Waals surface area contributed by atoms with E-state index in [1.165, 1.54) is 23.5 Å². The summed E-state index contributed by atoms with van der Waals surface area (Å²) < 4.78 is 12.7. The third-order valence-corrected chi connectivity index (χ3v) is 3.17. The van der Waals surface area contributed by atoms with E-state index in [-0.39, 0.29) is 5.82 Å². The summed E-state index contributed by atoms with van der Waals surface area (Å²) in [6.45, 7) is 0. The highest BCUT2D eigenvalue weighted by atomic mass is 32.1. The molecular formula is C12H10FNOS. The Kier molecular flexibility index (Phi) is 3.41. The number of halogens is 1. The Bertz CT molecular complexity index is 478. The maximum absolute atomic E-state index is 12.7. The second-order valence-corrected chi connectivity index (χ2v) is 4.59. The number of benzene rings is 1. The topological polar surface area (TPSA) is 30.0 Å². The molecule has 1 aromatic carbocycles. The maximum Gasteiger partial charge on any atom is 0.125 e. The van der Waals surface area contributed by atoms with Crippen LogP contribution in [0.4, 0.5) is 4.39 Å². The lowest BCUT2D eigenvalue weighted by molar-refractivity contribution is -0.107. The number of carbonyl (C=O) groups excluding carboxylic acids is 1. The van der Waals surface area contributed by atoms with Gasteiger partial charge >= 0.3 is 0 Å². The minimum Gasteiger partial charge on any atom is -0.303 e. The zero-order chi connectivity index (χ0) is 11.4. The van der Waals surface area contributed by atoms with Crippen molar-refractivity contribution in [3.05, 3.63) is 51.7 Å². The summed E-state index contributed by atoms with van der Waals surface area (Å²) in [5, 5.41) is 0.948. The van der Waals surface area contributed by atoms with Crippen LogP contribution in [0, 0.1) is 5.82 Å². The third kappa shape index (κ3) is 2.73. The maximum atomic E-state index is 12.7. The molecule has 0 bridgehead atoms. The lowest BCUT2D eigenvalue weighted by atomic mass is 10.2. The zero-order valence-electron chi connectivity index (χ0n) is 8.52. The average Bonchev–Trinajstić information content (AvgIpc) is 2.70. The van der Waals surface area contributed by atoms with Crippen LogP contribution in [-0.4, -0.2) is 11.3 Å². The summed E-state index contributed by atoms with van der Waals surface area (Å²) >= 11 is 1.52. The Balaban J connectivity index is 2.08. The van der Waals surface area contributed by atoms with Crippen molar-refractivity contribution in [3.8, 4) is 0 Å². The molecule has 0 aliphatic carbocycles. The van der Waals surface area contributed by atoms with Crippen LogP contribution in [-0.2, 0) is 17.6 Å². The SMILES string of the molecule is O=CCc1cnc(Cc2ccc(F)cc2)s1. The number of aromatic nitrogens is 1. The van der Waals surface area contributed by atoms with E-state index >= 15 is 0 Å². The summed E-state index contributed by atoms with van der Waals surface area (Å²) in [5.41, 5.74) is 1.02. The fourth-order valence-electron chi connectivity index (χ4n) is 1.38. The Hall–Kier alpha value is -1.55. The van der Waals surface area contributed by atoms with Gasteiger partial charge in [0.2, 0.25) is 0 Å². The fourth-order valence-corrected chi connectivity index (χ4v) is 2.29. The van der Waals surface area contributed by atoms with E-state index in [1.54, 1.807) is 18.3 Å². The van der Waals surface area contributed by atoms with E-state index in [0.717, 1.165) is 21.7 Å². The molecule has 0 aliphatic rings. The highest BCUT2D eigenvalue weighted by Crippen LogP contribution is 2.17. The van der Waals surface area contributed by atoms with Crippen LogP contribution in [0.1, 0.15) is 15.4 Å². The van der Waals surface area contributed by atoms with Gasteiger partial charge in [-0.3, -0.25) is 0 Å². The fraction of sp³-hybridized carbons (Fsp3) is 0.167. The van der Waals surface area contributed by atoms with Crippen molar-refractivity contribution in [2.75, 3.05) is 0 Å². The first-order valence-electron chi connectivity index (χ1n) is 4.89. The third-order valence-electron chi connectivity index (χ3n) is 2.15. The Morgan fingerprint density at radius 2 is 2.06 bits per heavy atom. The first kappa shape index (κ1) is 11.0. The molecule has 2 nitrogen and oxygen atoms in total. The Morgan fingerprint density at radius 3 is 2.75 bits per heavy atom. The van der Waals surface area contributed by atoms with Crippen molar-refractivity contribution in [3.63, 3.8) is 0 Å². The number of nitrogens with zero attached hydrogens (tertiary/aromatic N) is 1. The summed E-state index contributed by atoms with van der Waals surface area (Å²) in [6.07, 6.45) is 3.69. The van der Waals surface area contributed by atoms with Crippen molar-refractivity contribution in [1.82, 2.24) is 4.98 Å². The first-order valence-corrected chi connectivity index (χ1v) is 5.71. The smallest absolute Gasteiger partial charge is 0.125 e. The predicted octanol–water partition coefficient (Wildman–Crippen LogP) is 2.61. The van der Waals surface area contributed by atoms with Crippen molar-refractivity contribution >= 4 is 17.6 Å². The van der Waals surface area contributed by atoms with E-state index in [9.17, 15) is 9.18 Å². The Labute approximate surface area is 96.8 Å². The van der Waals surface area contributed by atoms with Gasteiger partial charge in [0.05, 0.1) is 5.01 Å². The molecule has 0 atom stereocenters. The van der Waals surface area contributed by atoms with Gasteiger partial charge in [-0.25, -0.2) is 9.37 Å². The predicted molar refractivity (Wildman–Crippen MR) is 61.1 cm³/mol. The molecule has 2 aromatic rings. The number of thiazole rings is 1. The molecule has 0 amide bonds. The number of carbonyl (C=O) groups is 1. The van der Waals surface area contributed by atoms with Gasteiger partial charge in [-0.15, -0.1) is 11.3 Å². The zero-order valence-corrected chi connectivity index (χ0v) is 9.34. The monoisotopic (exact) mass is 235 g/mol. The summed E-state index contributed by atoms with van der Waals surface area (Å²) in [6, 6.07) is 6.37. The molecule has 2 rings (SSSR count). The summed E-state index contributed by atoms with van der Waals surface area (Å²) in [5.74, 6) is -0.232. The van der Waals surface area contributed by atoms with E-state index in [4.69, 9.17) is 0 Å². The van der Waals surface area contributed by atoms with E-state index in [0.29, 0.717) is 12.8 Å². The van der Waals surface area contributed by atoms with Crippen LogP contribution in [0.5, 0.6) is 0 Å². The molecular weight excluding hydrogens is 225 g/mol. The van der Waals surface area contributed by atoms with Crippen molar-refractivity contribution in [2.24, 2.45) is 0 Å². The van der Waals surface area contributed by atoms with Gasteiger partial charge < -0.3 is 4.79 Å². The van der Waals surface area contributed by atoms with Gasteiger partial charge in [-0.2, -0.15) is 0 Å². The number of rotatable bonds is 4. The Morgan fingerprint density at radius 1 is 1.31 bits per heavy atom. The second kappa shape index (κ2) is 4.99. The number of hydrogen-bond acceptors (Lipinski definition) is 3. The van der Waals surface area contributed by atoms with Crippen LogP contribution in [0.2, 0.25) is 0 Å². The molecule has 0 N–H and O–H groups in total. The van der Waals surface area contributed by atoms with E-state index in [1.807, 2.05) is 0 Å². The van der Waals surface area contributed by atoms with E-state index < -0.39 is 0 Å². The molecule has 1 heterocycles. The summed E-state index contributed by atoms with van der Waals surface area (Å²) in [7, 11) is 0. The molecule has 0 aliphatic heterocycles. The lowest BCUT2D eigenvalue weighted by Crippen LogP contribution is -1.86. The van der Waals surface area contributed by atoms with Crippen LogP contribution in [0.25, 0.3) is 0 Å². The lowest BCUT2D eigenvalue weighted by Gasteiger charge is -1.96. The van der Waals surface area contributed by atoms with Crippen molar-refractivity contribution in [2.45, 2.75) is 12.8 Å². The first-order chi connectivity index (χ1) is 7.78. The number of hydrogen-bond donors (Lipinski definition) is 0. The van der Waals surface area contributed by atoms with Crippen LogP contribution < -0.4 is 0 Å². The van der Waals surface area contributed by atoms with Crippen LogP contribution in [0.15, 0.2) is 30.5 Å². The normalized spacial score (nSPS) is 10.3. The molecule has 0 saturated carbocycles. The van der Waals surface area contributed by atoms with Gasteiger partial charge in [0, 0.05) is 23.9 Å². The van der Waals surface area contributed by atoms with Crippen molar-refractivity contribution < 1.29 is 9.18 Å². The highest BCUT2D eigenvalue weighted by Gasteiger charge is 2.03. The largest absolute Gasteiger partial charge is 0.303 e. The molecule has 0 spiro atoms. The second-order valence-electron chi connectivity index (χ2n) is 3.39. The summed E-state index contributed by atoms with van der Waals surface area (Å²) in [4.78, 5) is 15.5. The molecule has 0 fully saturated rings. The molecule has 0 saturated heterocycles. The molecule has 0 unspecified atom stereocenters. The highest BCUT2D eigenvalue weighted by molar-refractivity contribution is 7.11. The van der Waals surface area contributed by atoms with Crippen LogP contribution >= 0.6 is 11.3 Å². The molecule has 4 heteroatoms. The molecule has 82 valence electrons. The van der Waals surface area contributed by atoms with Gasteiger partial charge in [0.1, 0.15) is 12.1 Å². The van der Waals surface area contributed by atoms with Crippen molar-refractivity contribution in [1.29, 1.82) is 0 Å². The standard InChI is InChI=1S/C12H10FNOS/c13-10-3-1-9(2-4-10)7-12-14-8-11(16-12)5-6-15/h1-4,6,8H,5,7H2. The van der Waals surface area contributed by atoms with Gasteiger partial charge in [-0.1, -0.05) is 12.1 Å². The minimum atomic E-state index is -0.232. The molecule has 0 radical (unpaired) electrons. The number of aldehydes is 1. The van der Waals surface area contributed by atoms with E-state index in [2.05, 4.69) is 4.98 Å². The van der Waals surface area contributed by atoms with Gasteiger partial charge in [-0.05, 0) is 17.7 Å². The van der Waals surface area contributed by atoms with Gasteiger partial charge in [0.15, 0.2) is 0 Å². The minimum absolute atomic E-state index is 0.232.